The number of rotatable bonds is 1. The molecule has 0 aromatic carbocycles. The normalized spacial score (nSPS) is 12.5. The van der Waals surface area contributed by atoms with Crippen LogP contribution in [0.2, 0.25) is 0 Å². The van der Waals surface area contributed by atoms with Gasteiger partial charge in [-0.05, 0) is 5.92 Å². The van der Waals surface area contributed by atoms with Crippen molar-refractivity contribution in [1.29, 1.82) is 0 Å². The lowest BCUT2D eigenvalue weighted by Gasteiger charge is -2.17. The summed E-state index contributed by atoms with van der Waals surface area (Å²) >= 11 is 0. The molecule has 0 unspecified atom stereocenters. The lowest BCUT2D eigenvalue weighted by atomic mass is 9.89. The third-order valence-corrected chi connectivity index (χ3v) is 1.99. The van der Waals surface area contributed by atoms with E-state index in [4.69, 9.17) is 4.42 Å². The third kappa shape index (κ3) is 2.11. The van der Waals surface area contributed by atoms with Crippen molar-refractivity contribution < 1.29 is 4.42 Å². The van der Waals surface area contributed by atoms with E-state index < -0.39 is 0 Å². The van der Waals surface area contributed by atoms with Crippen LogP contribution >= 0.6 is 0 Å². The minimum Gasteiger partial charge on any atom is -0.445 e. The maximum absolute atomic E-state index is 5.63. The van der Waals surface area contributed by atoms with Crippen LogP contribution in [0.25, 0.3) is 0 Å². The van der Waals surface area contributed by atoms with Gasteiger partial charge >= 0.3 is 0 Å². The predicted molar refractivity (Wildman–Crippen MR) is 54.0 cm³/mol. The molecule has 0 saturated heterocycles. The minimum atomic E-state index is 0.0564. The van der Waals surface area contributed by atoms with Gasteiger partial charge in [-0.3, -0.25) is 0 Å². The number of oxazole rings is 1. The average Bonchev–Trinajstić information content (AvgIpc) is 2.29. The van der Waals surface area contributed by atoms with Crippen LogP contribution in [0.3, 0.4) is 0 Å². The van der Waals surface area contributed by atoms with Gasteiger partial charge in [-0.2, -0.15) is 0 Å². The second-order valence-corrected chi connectivity index (χ2v) is 4.85. The smallest absolute Gasteiger partial charge is 0.191 e. The maximum atomic E-state index is 5.63. The fourth-order valence-corrected chi connectivity index (χ4v) is 1.37. The third-order valence-electron chi connectivity index (χ3n) is 1.99. The fraction of sp³-hybridized carbons (Fsp3) is 0.727. The minimum absolute atomic E-state index is 0.0564. The SMILES string of the molecule is Cc1nc(C(C)C)c(C(C)(C)C)o1. The number of hydrogen-bond acceptors (Lipinski definition) is 2. The molecule has 0 amide bonds. The van der Waals surface area contributed by atoms with Crippen molar-refractivity contribution in [1.82, 2.24) is 4.98 Å². The molecule has 0 saturated carbocycles. The highest BCUT2D eigenvalue weighted by atomic mass is 16.4. The summed E-state index contributed by atoms with van der Waals surface area (Å²) in [6, 6.07) is 0. The Morgan fingerprint density at radius 1 is 1.23 bits per heavy atom. The molecule has 0 aliphatic heterocycles. The molecule has 74 valence electrons. The van der Waals surface area contributed by atoms with E-state index in [9.17, 15) is 0 Å². The molecule has 13 heavy (non-hydrogen) atoms. The molecule has 1 heterocycles. The maximum Gasteiger partial charge on any atom is 0.191 e. The van der Waals surface area contributed by atoms with E-state index in [1.54, 1.807) is 0 Å². The van der Waals surface area contributed by atoms with Crippen LogP contribution in [-0.2, 0) is 5.41 Å². The Labute approximate surface area is 80.4 Å². The average molecular weight is 181 g/mol. The van der Waals surface area contributed by atoms with Gasteiger partial charge in [0.1, 0.15) is 5.76 Å². The summed E-state index contributed by atoms with van der Waals surface area (Å²) < 4.78 is 5.63. The molecule has 1 aromatic heterocycles. The van der Waals surface area contributed by atoms with E-state index in [0.717, 1.165) is 17.3 Å². The number of hydrogen-bond donors (Lipinski definition) is 0. The molecule has 0 N–H and O–H groups in total. The molecule has 0 spiro atoms. The Balaban J connectivity index is 3.20. The Kier molecular flexibility index (Phi) is 2.51. The van der Waals surface area contributed by atoms with Crippen LogP contribution in [0.1, 0.15) is 57.9 Å². The predicted octanol–water partition coefficient (Wildman–Crippen LogP) is 3.40. The van der Waals surface area contributed by atoms with Gasteiger partial charge in [-0.1, -0.05) is 34.6 Å². The van der Waals surface area contributed by atoms with E-state index >= 15 is 0 Å². The molecule has 1 rings (SSSR count). The second kappa shape index (κ2) is 3.17. The topological polar surface area (TPSA) is 26.0 Å². The first-order valence-corrected chi connectivity index (χ1v) is 4.80. The Bertz CT molecular complexity index is 292. The summed E-state index contributed by atoms with van der Waals surface area (Å²) in [6.45, 7) is 12.6. The van der Waals surface area contributed by atoms with Crippen molar-refractivity contribution in [2.75, 3.05) is 0 Å². The van der Waals surface area contributed by atoms with Crippen LogP contribution in [0.4, 0.5) is 0 Å². The van der Waals surface area contributed by atoms with Gasteiger partial charge in [0, 0.05) is 12.3 Å². The van der Waals surface area contributed by atoms with Crippen molar-refractivity contribution in [2.24, 2.45) is 0 Å². The zero-order valence-corrected chi connectivity index (χ0v) is 9.43. The van der Waals surface area contributed by atoms with Crippen molar-refractivity contribution in [3.05, 3.63) is 17.3 Å². The van der Waals surface area contributed by atoms with E-state index in [2.05, 4.69) is 39.6 Å². The van der Waals surface area contributed by atoms with Crippen molar-refractivity contribution in [2.45, 2.75) is 52.9 Å². The first-order chi connectivity index (χ1) is 5.82. The monoisotopic (exact) mass is 181 g/mol. The Morgan fingerprint density at radius 3 is 2.08 bits per heavy atom. The highest BCUT2D eigenvalue weighted by molar-refractivity contribution is 5.20. The van der Waals surface area contributed by atoms with Gasteiger partial charge in [0.15, 0.2) is 5.89 Å². The Morgan fingerprint density at radius 2 is 1.77 bits per heavy atom. The summed E-state index contributed by atoms with van der Waals surface area (Å²) in [5.74, 6) is 2.24. The van der Waals surface area contributed by atoms with Crippen LogP contribution in [0.5, 0.6) is 0 Å². The van der Waals surface area contributed by atoms with Gasteiger partial charge in [-0.15, -0.1) is 0 Å². The quantitative estimate of drug-likeness (QED) is 0.663. The van der Waals surface area contributed by atoms with E-state index in [1.165, 1.54) is 0 Å². The number of nitrogens with zero attached hydrogens (tertiary/aromatic N) is 1. The lowest BCUT2D eigenvalue weighted by Crippen LogP contribution is -2.13. The van der Waals surface area contributed by atoms with E-state index in [1.807, 2.05) is 6.92 Å². The van der Waals surface area contributed by atoms with Gasteiger partial charge < -0.3 is 4.42 Å². The van der Waals surface area contributed by atoms with Crippen molar-refractivity contribution in [3.8, 4) is 0 Å². The highest BCUT2D eigenvalue weighted by Crippen LogP contribution is 2.30. The summed E-state index contributed by atoms with van der Waals surface area (Å²) in [6.07, 6.45) is 0. The standard InChI is InChI=1S/C11H19NO/c1-7(2)9-10(11(4,5)6)13-8(3)12-9/h7H,1-6H3. The molecule has 0 radical (unpaired) electrons. The molecule has 0 aliphatic rings. The molecule has 2 nitrogen and oxygen atoms in total. The summed E-state index contributed by atoms with van der Waals surface area (Å²) in [7, 11) is 0. The molecule has 2 heteroatoms. The molecule has 0 atom stereocenters. The first-order valence-electron chi connectivity index (χ1n) is 4.80. The second-order valence-electron chi connectivity index (χ2n) is 4.85. The van der Waals surface area contributed by atoms with Gasteiger partial charge in [0.25, 0.3) is 0 Å². The number of aromatic nitrogens is 1. The van der Waals surface area contributed by atoms with Gasteiger partial charge in [0.05, 0.1) is 5.69 Å². The van der Waals surface area contributed by atoms with Crippen LogP contribution in [0, 0.1) is 6.92 Å². The van der Waals surface area contributed by atoms with Crippen molar-refractivity contribution in [3.63, 3.8) is 0 Å². The van der Waals surface area contributed by atoms with E-state index in [-0.39, 0.29) is 5.41 Å². The van der Waals surface area contributed by atoms with Crippen LogP contribution in [-0.4, -0.2) is 4.98 Å². The zero-order valence-electron chi connectivity index (χ0n) is 9.43. The zero-order chi connectivity index (χ0) is 10.2. The van der Waals surface area contributed by atoms with Crippen LogP contribution in [0.15, 0.2) is 4.42 Å². The summed E-state index contributed by atoms with van der Waals surface area (Å²) in [5.41, 5.74) is 1.16. The van der Waals surface area contributed by atoms with E-state index in [0.29, 0.717) is 5.92 Å². The molecule has 0 fully saturated rings. The fourth-order valence-electron chi connectivity index (χ4n) is 1.37. The highest BCUT2D eigenvalue weighted by Gasteiger charge is 2.25. The van der Waals surface area contributed by atoms with Gasteiger partial charge in [-0.25, -0.2) is 4.98 Å². The molecular weight excluding hydrogens is 162 g/mol. The lowest BCUT2D eigenvalue weighted by molar-refractivity contribution is 0.387. The molecule has 0 bridgehead atoms. The molecular formula is C11H19NO. The molecule has 0 aliphatic carbocycles. The number of aryl methyl sites for hydroxylation is 1. The van der Waals surface area contributed by atoms with Crippen molar-refractivity contribution >= 4 is 0 Å². The summed E-state index contributed by atoms with van der Waals surface area (Å²) in [5, 5.41) is 0. The first kappa shape index (κ1) is 10.3. The Hall–Kier alpha value is -0.790. The summed E-state index contributed by atoms with van der Waals surface area (Å²) in [4.78, 5) is 4.41. The molecule has 1 aromatic rings. The van der Waals surface area contributed by atoms with Gasteiger partial charge in [0.2, 0.25) is 0 Å². The van der Waals surface area contributed by atoms with Crippen LogP contribution < -0.4 is 0 Å². The largest absolute Gasteiger partial charge is 0.445 e.